The molecule has 0 fully saturated rings. The summed E-state index contributed by atoms with van der Waals surface area (Å²) in [5.41, 5.74) is 2.21. The Bertz CT molecular complexity index is 433. The van der Waals surface area contributed by atoms with Crippen molar-refractivity contribution >= 4 is 5.69 Å². The number of hydrogen-bond acceptors (Lipinski definition) is 3. The molecule has 0 radical (unpaired) electrons. The molecule has 0 aliphatic rings. The largest absolute Gasteiger partial charge is 0.378 e. The quantitative estimate of drug-likeness (QED) is 0.853. The van der Waals surface area contributed by atoms with Crippen LogP contribution in [0, 0.1) is 0 Å². The van der Waals surface area contributed by atoms with Crippen molar-refractivity contribution in [2.75, 3.05) is 5.32 Å². The molecule has 16 heavy (non-hydrogen) atoms. The van der Waals surface area contributed by atoms with Crippen molar-refractivity contribution in [3.63, 3.8) is 0 Å². The molecule has 4 nitrogen and oxygen atoms in total. The average molecular weight is 216 g/mol. The summed E-state index contributed by atoms with van der Waals surface area (Å²) >= 11 is 0. The summed E-state index contributed by atoms with van der Waals surface area (Å²) in [7, 11) is 0. The Morgan fingerprint density at radius 2 is 2.25 bits per heavy atom. The molecule has 1 N–H and O–H groups in total. The molecule has 0 atom stereocenters. The molecule has 0 aliphatic heterocycles. The van der Waals surface area contributed by atoms with Gasteiger partial charge < -0.3 is 5.32 Å². The van der Waals surface area contributed by atoms with Crippen molar-refractivity contribution in [2.45, 2.75) is 26.4 Å². The fraction of sp³-hybridized carbons (Fsp3) is 0.333. The van der Waals surface area contributed by atoms with Gasteiger partial charge in [0, 0.05) is 31.2 Å². The highest BCUT2D eigenvalue weighted by Crippen LogP contribution is 2.10. The van der Waals surface area contributed by atoms with Gasteiger partial charge in [-0.05, 0) is 25.5 Å². The maximum absolute atomic E-state index is 4.27. The van der Waals surface area contributed by atoms with Gasteiger partial charge in [0.05, 0.1) is 11.9 Å². The van der Waals surface area contributed by atoms with E-state index in [-0.39, 0.29) is 0 Å². The third-order valence-corrected chi connectivity index (χ3v) is 2.35. The standard InChI is InChI=1S/C12H16N4/c1-10(2)16-9-12(8-15-16)14-7-11-4-3-5-13-6-11/h3-6,8-10,14H,7H2,1-2H3. The molecule has 0 saturated carbocycles. The molecule has 0 unspecified atom stereocenters. The number of nitrogens with zero attached hydrogens (tertiary/aromatic N) is 3. The van der Waals surface area contributed by atoms with Gasteiger partial charge in [0.15, 0.2) is 0 Å². The average Bonchev–Trinajstić information content (AvgIpc) is 2.76. The molecule has 0 aliphatic carbocycles. The minimum atomic E-state index is 0.397. The van der Waals surface area contributed by atoms with E-state index in [9.17, 15) is 0 Å². The SMILES string of the molecule is CC(C)n1cc(NCc2cccnc2)cn1. The summed E-state index contributed by atoms with van der Waals surface area (Å²) in [4.78, 5) is 4.07. The smallest absolute Gasteiger partial charge is 0.0729 e. The third-order valence-electron chi connectivity index (χ3n) is 2.35. The summed E-state index contributed by atoms with van der Waals surface area (Å²) in [5, 5.41) is 7.58. The van der Waals surface area contributed by atoms with Crippen molar-refractivity contribution in [3.05, 3.63) is 42.5 Å². The lowest BCUT2D eigenvalue weighted by atomic mass is 10.3. The number of rotatable bonds is 4. The van der Waals surface area contributed by atoms with Crippen LogP contribution in [0.4, 0.5) is 5.69 Å². The first kappa shape index (κ1) is 10.7. The zero-order valence-corrected chi connectivity index (χ0v) is 9.59. The predicted octanol–water partition coefficient (Wildman–Crippen LogP) is 2.47. The van der Waals surface area contributed by atoms with E-state index in [1.807, 2.05) is 35.4 Å². The van der Waals surface area contributed by atoms with Gasteiger partial charge in [0.25, 0.3) is 0 Å². The van der Waals surface area contributed by atoms with E-state index in [4.69, 9.17) is 0 Å². The maximum Gasteiger partial charge on any atom is 0.0729 e. The number of hydrogen-bond donors (Lipinski definition) is 1. The van der Waals surface area contributed by atoms with E-state index >= 15 is 0 Å². The molecule has 84 valence electrons. The Morgan fingerprint density at radius 3 is 2.88 bits per heavy atom. The molecule has 0 spiro atoms. The van der Waals surface area contributed by atoms with Crippen molar-refractivity contribution < 1.29 is 0 Å². The van der Waals surface area contributed by atoms with E-state index in [0.29, 0.717) is 6.04 Å². The van der Waals surface area contributed by atoms with Crippen molar-refractivity contribution in [2.24, 2.45) is 0 Å². The van der Waals surface area contributed by atoms with E-state index in [1.54, 1.807) is 6.20 Å². The van der Waals surface area contributed by atoms with Gasteiger partial charge in [-0.1, -0.05) is 6.07 Å². The van der Waals surface area contributed by atoms with Crippen LogP contribution in [-0.2, 0) is 6.54 Å². The molecule has 0 aromatic carbocycles. The Kier molecular flexibility index (Phi) is 3.19. The van der Waals surface area contributed by atoms with Crippen LogP contribution in [0.3, 0.4) is 0 Å². The van der Waals surface area contributed by atoms with Gasteiger partial charge in [-0.3, -0.25) is 9.67 Å². The van der Waals surface area contributed by atoms with E-state index in [2.05, 4.69) is 29.2 Å². The zero-order chi connectivity index (χ0) is 11.4. The van der Waals surface area contributed by atoms with Crippen molar-refractivity contribution in [3.8, 4) is 0 Å². The summed E-state index contributed by atoms with van der Waals surface area (Å²) in [6, 6.07) is 4.38. The zero-order valence-electron chi connectivity index (χ0n) is 9.59. The highest BCUT2D eigenvalue weighted by atomic mass is 15.3. The molecule has 2 aromatic rings. The second kappa shape index (κ2) is 4.79. The topological polar surface area (TPSA) is 42.7 Å². The molecule has 0 saturated heterocycles. The Balaban J connectivity index is 1.95. The van der Waals surface area contributed by atoms with Gasteiger partial charge in [0.2, 0.25) is 0 Å². The Hall–Kier alpha value is -1.84. The first-order valence-corrected chi connectivity index (χ1v) is 5.42. The molecule has 2 heterocycles. The van der Waals surface area contributed by atoms with E-state index in [1.165, 1.54) is 5.56 Å². The maximum atomic E-state index is 4.27. The minimum Gasteiger partial charge on any atom is -0.378 e. The number of anilines is 1. The molecule has 0 bridgehead atoms. The van der Waals surface area contributed by atoms with Crippen LogP contribution in [0.1, 0.15) is 25.5 Å². The van der Waals surface area contributed by atoms with Gasteiger partial charge in [-0.25, -0.2) is 0 Å². The fourth-order valence-corrected chi connectivity index (χ4v) is 1.42. The van der Waals surface area contributed by atoms with E-state index < -0.39 is 0 Å². The lowest BCUT2D eigenvalue weighted by Gasteiger charge is -2.04. The van der Waals surface area contributed by atoms with Crippen LogP contribution in [0.5, 0.6) is 0 Å². The highest BCUT2D eigenvalue weighted by molar-refractivity contribution is 5.39. The van der Waals surface area contributed by atoms with Crippen LogP contribution >= 0.6 is 0 Å². The minimum absolute atomic E-state index is 0.397. The van der Waals surface area contributed by atoms with Crippen LogP contribution in [0.15, 0.2) is 36.9 Å². The molecular weight excluding hydrogens is 200 g/mol. The summed E-state index contributed by atoms with van der Waals surface area (Å²) < 4.78 is 1.94. The van der Waals surface area contributed by atoms with E-state index in [0.717, 1.165) is 12.2 Å². The van der Waals surface area contributed by atoms with Gasteiger partial charge in [0.1, 0.15) is 0 Å². The highest BCUT2D eigenvalue weighted by Gasteiger charge is 2.00. The van der Waals surface area contributed by atoms with Crippen molar-refractivity contribution in [1.82, 2.24) is 14.8 Å². The van der Waals surface area contributed by atoms with Crippen LogP contribution in [0.25, 0.3) is 0 Å². The molecule has 2 rings (SSSR count). The Labute approximate surface area is 95.3 Å². The van der Waals surface area contributed by atoms with Crippen molar-refractivity contribution in [1.29, 1.82) is 0 Å². The molecule has 0 amide bonds. The second-order valence-corrected chi connectivity index (χ2v) is 4.02. The van der Waals surface area contributed by atoms with Crippen LogP contribution in [-0.4, -0.2) is 14.8 Å². The van der Waals surface area contributed by atoms with Crippen LogP contribution in [0.2, 0.25) is 0 Å². The summed E-state index contributed by atoms with van der Waals surface area (Å²) in [5.74, 6) is 0. The normalized spacial score (nSPS) is 10.7. The number of pyridine rings is 1. The molecular formula is C12H16N4. The van der Waals surface area contributed by atoms with Crippen LogP contribution < -0.4 is 5.32 Å². The summed E-state index contributed by atoms with van der Waals surface area (Å²) in [6.45, 7) is 4.99. The predicted molar refractivity (Wildman–Crippen MR) is 64.2 cm³/mol. The fourth-order valence-electron chi connectivity index (χ4n) is 1.42. The third kappa shape index (κ3) is 2.59. The first-order chi connectivity index (χ1) is 7.75. The van der Waals surface area contributed by atoms with Gasteiger partial charge >= 0.3 is 0 Å². The van der Waals surface area contributed by atoms with Gasteiger partial charge in [-0.2, -0.15) is 5.10 Å². The summed E-state index contributed by atoms with van der Waals surface area (Å²) in [6.07, 6.45) is 7.50. The second-order valence-electron chi connectivity index (χ2n) is 4.02. The molecule has 4 heteroatoms. The monoisotopic (exact) mass is 216 g/mol. The number of aromatic nitrogens is 3. The lowest BCUT2D eigenvalue weighted by molar-refractivity contribution is 0.532. The Morgan fingerprint density at radius 1 is 1.38 bits per heavy atom. The number of nitrogens with one attached hydrogen (secondary N) is 1. The molecule has 2 aromatic heterocycles. The lowest BCUT2D eigenvalue weighted by Crippen LogP contribution is -2.01. The first-order valence-electron chi connectivity index (χ1n) is 5.42. The van der Waals surface area contributed by atoms with Gasteiger partial charge in [-0.15, -0.1) is 0 Å².